The second-order valence-corrected chi connectivity index (χ2v) is 5.83. The Balaban J connectivity index is 1.62. The van der Waals surface area contributed by atoms with E-state index in [1.807, 2.05) is 16.8 Å². The van der Waals surface area contributed by atoms with Crippen molar-refractivity contribution in [1.29, 1.82) is 0 Å². The van der Waals surface area contributed by atoms with Crippen LogP contribution in [0.2, 0.25) is 0 Å². The lowest BCUT2D eigenvalue weighted by Gasteiger charge is -2.05. The van der Waals surface area contributed by atoms with E-state index in [1.165, 1.54) is 23.7 Å². The van der Waals surface area contributed by atoms with Gasteiger partial charge in [0.25, 0.3) is 11.8 Å². The fourth-order valence-corrected chi connectivity index (χ4v) is 3.16. The average molecular weight is 330 g/mol. The van der Waals surface area contributed by atoms with E-state index in [1.54, 1.807) is 28.8 Å². The van der Waals surface area contributed by atoms with Crippen molar-refractivity contribution in [3.8, 4) is 10.6 Å². The van der Waals surface area contributed by atoms with Gasteiger partial charge in [-0.05, 0) is 23.6 Å². The molecule has 0 saturated heterocycles. The molecule has 0 atom stereocenters. The van der Waals surface area contributed by atoms with Crippen molar-refractivity contribution in [3.05, 3.63) is 58.0 Å². The van der Waals surface area contributed by atoms with E-state index >= 15 is 0 Å². The molecule has 0 aliphatic carbocycles. The first-order valence-electron chi connectivity index (χ1n) is 6.23. The van der Waals surface area contributed by atoms with Crippen molar-refractivity contribution in [2.75, 3.05) is 0 Å². The van der Waals surface area contributed by atoms with Crippen LogP contribution in [0.25, 0.3) is 10.6 Å². The molecule has 0 aliphatic heterocycles. The number of thiazole rings is 1. The first-order valence-corrected chi connectivity index (χ1v) is 8.05. The molecule has 0 aromatic carbocycles. The molecule has 0 saturated carbocycles. The van der Waals surface area contributed by atoms with Gasteiger partial charge in [-0.3, -0.25) is 25.4 Å². The van der Waals surface area contributed by atoms with Gasteiger partial charge in [0.2, 0.25) is 0 Å². The van der Waals surface area contributed by atoms with Crippen LogP contribution in [0.3, 0.4) is 0 Å². The lowest BCUT2D eigenvalue weighted by atomic mass is 10.3. The zero-order valence-corrected chi connectivity index (χ0v) is 12.8. The Morgan fingerprint density at radius 3 is 2.50 bits per heavy atom. The minimum atomic E-state index is -0.458. The average Bonchev–Trinajstić information content (AvgIpc) is 3.23. The smallest absolute Gasteiger partial charge is 0.267 e. The summed E-state index contributed by atoms with van der Waals surface area (Å²) in [5.41, 5.74) is 6.34. The molecular formula is C14H10N4O2S2. The number of carbonyl (C=O) groups is 2. The molecular weight excluding hydrogens is 320 g/mol. The van der Waals surface area contributed by atoms with Gasteiger partial charge in [0, 0.05) is 34.3 Å². The van der Waals surface area contributed by atoms with Crippen LogP contribution in [-0.4, -0.2) is 21.8 Å². The Kier molecular flexibility index (Phi) is 4.22. The zero-order chi connectivity index (χ0) is 15.4. The monoisotopic (exact) mass is 330 g/mol. The molecule has 3 rings (SSSR count). The summed E-state index contributed by atoms with van der Waals surface area (Å²) in [4.78, 5) is 31.9. The van der Waals surface area contributed by atoms with Gasteiger partial charge in [-0.1, -0.05) is 0 Å². The maximum absolute atomic E-state index is 12.0. The Morgan fingerprint density at radius 2 is 1.77 bits per heavy atom. The van der Waals surface area contributed by atoms with Crippen LogP contribution >= 0.6 is 22.7 Å². The van der Waals surface area contributed by atoms with Crippen molar-refractivity contribution in [3.63, 3.8) is 0 Å². The van der Waals surface area contributed by atoms with Gasteiger partial charge in [0.05, 0.1) is 0 Å². The van der Waals surface area contributed by atoms with Crippen molar-refractivity contribution < 1.29 is 9.59 Å². The van der Waals surface area contributed by atoms with Crippen LogP contribution in [-0.2, 0) is 0 Å². The third kappa shape index (κ3) is 3.18. The molecule has 110 valence electrons. The number of thiophene rings is 1. The maximum atomic E-state index is 12.0. The van der Waals surface area contributed by atoms with Gasteiger partial charge in [0.15, 0.2) is 0 Å². The Hall–Kier alpha value is -2.58. The van der Waals surface area contributed by atoms with E-state index in [-0.39, 0.29) is 5.69 Å². The van der Waals surface area contributed by atoms with Crippen LogP contribution in [0.5, 0.6) is 0 Å². The normalized spacial score (nSPS) is 10.2. The number of aromatic nitrogens is 2. The third-order valence-electron chi connectivity index (χ3n) is 2.74. The van der Waals surface area contributed by atoms with Gasteiger partial charge < -0.3 is 0 Å². The standard InChI is InChI=1S/C14H10N4O2S2/c19-12(9-1-4-15-5-2-9)17-18-13(20)11-8-22-14(16-11)10-3-6-21-7-10/h1-8H,(H,17,19)(H,18,20). The molecule has 2 N–H and O–H groups in total. The van der Waals surface area contributed by atoms with Crippen LogP contribution < -0.4 is 10.9 Å². The highest BCUT2D eigenvalue weighted by molar-refractivity contribution is 7.14. The molecule has 3 aromatic heterocycles. The van der Waals surface area contributed by atoms with Gasteiger partial charge in [-0.25, -0.2) is 4.98 Å². The summed E-state index contributed by atoms with van der Waals surface area (Å²) in [7, 11) is 0. The minimum Gasteiger partial charge on any atom is -0.267 e. The molecule has 3 heterocycles. The highest BCUT2D eigenvalue weighted by Crippen LogP contribution is 2.25. The fraction of sp³-hybridized carbons (Fsp3) is 0. The van der Waals surface area contributed by atoms with Crippen molar-refractivity contribution >= 4 is 34.5 Å². The summed E-state index contributed by atoms with van der Waals surface area (Å²) in [6.07, 6.45) is 3.01. The third-order valence-corrected chi connectivity index (χ3v) is 4.31. The summed E-state index contributed by atoms with van der Waals surface area (Å²) >= 11 is 2.95. The first kappa shape index (κ1) is 14.4. The summed E-state index contributed by atoms with van der Waals surface area (Å²) in [5, 5.41) is 6.34. The molecule has 3 aromatic rings. The molecule has 22 heavy (non-hydrogen) atoms. The molecule has 0 aliphatic rings. The van der Waals surface area contributed by atoms with Crippen molar-refractivity contribution in [1.82, 2.24) is 20.8 Å². The van der Waals surface area contributed by atoms with Crippen LogP contribution in [0.15, 0.2) is 46.7 Å². The van der Waals surface area contributed by atoms with Crippen molar-refractivity contribution in [2.24, 2.45) is 0 Å². The zero-order valence-electron chi connectivity index (χ0n) is 11.1. The molecule has 0 fully saturated rings. The Morgan fingerprint density at radius 1 is 1.00 bits per heavy atom. The molecule has 2 amide bonds. The lowest BCUT2D eigenvalue weighted by Crippen LogP contribution is -2.41. The number of hydrogen-bond donors (Lipinski definition) is 2. The first-order chi connectivity index (χ1) is 10.7. The van der Waals surface area contributed by atoms with Crippen LogP contribution in [0, 0.1) is 0 Å². The number of rotatable bonds is 3. The van der Waals surface area contributed by atoms with Crippen LogP contribution in [0.1, 0.15) is 20.8 Å². The molecule has 0 unspecified atom stereocenters. The number of hydrazine groups is 1. The summed E-state index contributed by atoms with van der Waals surface area (Å²) in [6, 6.07) is 5.05. The molecule has 6 nitrogen and oxygen atoms in total. The van der Waals surface area contributed by atoms with Gasteiger partial charge >= 0.3 is 0 Å². The Labute approximate surface area is 133 Å². The Bertz CT molecular complexity index is 784. The molecule has 0 bridgehead atoms. The highest BCUT2D eigenvalue weighted by Gasteiger charge is 2.13. The van der Waals surface area contributed by atoms with Crippen LogP contribution in [0.4, 0.5) is 0 Å². The number of pyridine rings is 1. The minimum absolute atomic E-state index is 0.265. The van der Waals surface area contributed by atoms with Gasteiger partial charge in [-0.15, -0.1) is 11.3 Å². The molecule has 8 heteroatoms. The second kappa shape index (κ2) is 6.46. The number of amides is 2. The SMILES string of the molecule is O=C(NNC(=O)c1csc(-c2ccsc2)n1)c1ccncc1. The van der Waals surface area contributed by atoms with E-state index in [0.29, 0.717) is 5.56 Å². The molecule has 0 spiro atoms. The maximum Gasteiger partial charge on any atom is 0.289 e. The summed E-state index contributed by atoms with van der Waals surface area (Å²) < 4.78 is 0. The quantitative estimate of drug-likeness (QED) is 0.722. The lowest BCUT2D eigenvalue weighted by molar-refractivity contribution is 0.0844. The predicted molar refractivity (Wildman–Crippen MR) is 84.6 cm³/mol. The highest BCUT2D eigenvalue weighted by atomic mass is 32.1. The van der Waals surface area contributed by atoms with Gasteiger partial charge in [0.1, 0.15) is 10.7 Å². The molecule has 0 radical (unpaired) electrons. The number of nitrogens with one attached hydrogen (secondary N) is 2. The van der Waals surface area contributed by atoms with E-state index in [4.69, 9.17) is 0 Å². The fourth-order valence-electron chi connectivity index (χ4n) is 1.65. The van der Waals surface area contributed by atoms with E-state index in [2.05, 4.69) is 20.8 Å². The number of hydrogen-bond acceptors (Lipinski definition) is 6. The van der Waals surface area contributed by atoms with Gasteiger partial charge in [-0.2, -0.15) is 11.3 Å². The topological polar surface area (TPSA) is 84.0 Å². The summed E-state index contributed by atoms with van der Waals surface area (Å²) in [5.74, 6) is -0.871. The predicted octanol–water partition coefficient (Wildman–Crippen LogP) is 2.34. The van der Waals surface area contributed by atoms with E-state index < -0.39 is 11.8 Å². The van der Waals surface area contributed by atoms with Crippen molar-refractivity contribution in [2.45, 2.75) is 0 Å². The van der Waals surface area contributed by atoms with E-state index in [9.17, 15) is 9.59 Å². The largest absolute Gasteiger partial charge is 0.289 e. The second-order valence-electron chi connectivity index (χ2n) is 4.19. The number of nitrogens with zero attached hydrogens (tertiary/aromatic N) is 2. The number of carbonyl (C=O) groups excluding carboxylic acids is 2. The summed E-state index contributed by atoms with van der Waals surface area (Å²) in [6.45, 7) is 0. The van der Waals surface area contributed by atoms with E-state index in [0.717, 1.165) is 10.6 Å².